The molecule has 0 bridgehead atoms. The van der Waals surface area contributed by atoms with Gasteiger partial charge in [-0.2, -0.15) is 0 Å². The molecule has 0 saturated heterocycles. The Morgan fingerprint density at radius 1 is 1.00 bits per heavy atom. The molecule has 0 aliphatic carbocycles. The van der Waals surface area contributed by atoms with Crippen LogP contribution in [0.25, 0.3) is 6.08 Å². The van der Waals surface area contributed by atoms with Crippen molar-refractivity contribution in [1.29, 1.82) is 0 Å². The number of carbonyl (C=O) groups excluding carboxylic acids is 1. The summed E-state index contributed by atoms with van der Waals surface area (Å²) in [6.45, 7) is 2.25. The number of ketones is 1. The Balaban J connectivity index is 1.80. The number of nitrogen functional groups attached to an aromatic ring is 1. The molecule has 0 amide bonds. The lowest BCUT2D eigenvalue weighted by Gasteiger charge is -2.03. The lowest BCUT2D eigenvalue weighted by molar-refractivity contribution is 0.104. The highest BCUT2D eigenvalue weighted by molar-refractivity contribution is 7.99. The first-order valence-corrected chi connectivity index (χ1v) is 10.5. The van der Waals surface area contributed by atoms with Gasteiger partial charge in [-0.3, -0.25) is 4.79 Å². The number of nitrogens with two attached hydrogens (primary N) is 1. The number of anilines is 1. The minimum atomic E-state index is -0.00450. The lowest BCUT2D eigenvalue weighted by Crippen LogP contribution is -1.94. The minimum Gasteiger partial charge on any atom is -0.399 e. The predicted octanol–water partition coefficient (Wildman–Crippen LogP) is 6.62. The Bertz CT molecular complexity index is 706. The number of unbranched alkanes of at least 4 members (excludes halogenated alkanes) is 5. The van der Waals surface area contributed by atoms with Crippen LogP contribution in [0, 0.1) is 0 Å². The molecule has 0 atom stereocenters. The van der Waals surface area contributed by atoms with E-state index in [1.54, 1.807) is 30.3 Å². The Morgan fingerprint density at radius 3 is 2.50 bits per heavy atom. The van der Waals surface area contributed by atoms with Crippen LogP contribution < -0.4 is 5.73 Å². The summed E-state index contributed by atoms with van der Waals surface area (Å²) >= 11 is 1.90. The molecule has 138 valence electrons. The monoisotopic (exact) mass is 367 g/mol. The van der Waals surface area contributed by atoms with E-state index in [0.717, 1.165) is 11.3 Å². The molecule has 0 radical (unpaired) electrons. The van der Waals surface area contributed by atoms with Gasteiger partial charge in [0.2, 0.25) is 0 Å². The van der Waals surface area contributed by atoms with Gasteiger partial charge in [0, 0.05) is 16.1 Å². The maximum Gasteiger partial charge on any atom is 0.185 e. The number of benzene rings is 2. The van der Waals surface area contributed by atoms with E-state index in [0.29, 0.717) is 11.3 Å². The van der Waals surface area contributed by atoms with Crippen molar-refractivity contribution in [3.05, 3.63) is 65.7 Å². The number of hydrogen-bond donors (Lipinski definition) is 1. The summed E-state index contributed by atoms with van der Waals surface area (Å²) in [5.41, 5.74) is 8.04. The predicted molar refractivity (Wildman–Crippen MR) is 115 cm³/mol. The fraction of sp³-hybridized carbons (Fsp3) is 0.348. The molecule has 0 saturated carbocycles. The van der Waals surface area contributed by atoms with Crippen molar-refractivity contribution in [2.45, 2.75) is 50.3 Å². The van der Waals surface area contributed by atoms with Crippen molar-refractivity contribution in [3.8, 4) is 0 Å². The average Bonchev–Trinajstić information content (AvgIpc) is 2.66. The molecule has 0 unspecified atom stereocenters. The van der Waals surface area contributed by atoms with Gasteiger partial charge in [0.05, 0.1) is 0 Å². The van der Waals surface area contributed by atoms with E-state index in [2.05, 4.69) is 25.1 Å². The van der Waals surface area contributed by atoms with Crippen LogP contribution in [-0.2, 0) is 0 Å². The van der Waals surface area contributed by atoms with Crippen LogP contribution in [-0.4, -0.2) is 11.5 Å². The zero-order valence-electron chi connectivity index (χ0n) is 15.6. The van der Waals surface area contributed by atoms with Crippen molar-refractivity contribution in [1.82, 2.24) is 0 Å². The van der Waals surface area contributed by atoms with Gasteiger partial charge in [-0.05, 0) is 60.2 Å². The third kappa shape index (κ3) is 7.49. The SMILES string of the molecule is CCCCCCCCSc1cccc(C=CC(=O)c2ccc(N)cc2)c1. The minimum absolute atomic E-state index is 0.00450. The highest BCUT2D eigenvalue weighted by Crippen LogP contribution is 2.22. The molecular formula is C23H29NOS. The van der Waals surface area contributed by atoms with E-state index in [4.69, 9.17) is 5.73 Å². The first-order chi connectivity index (χ1) is 12.7. The summed E-state index contributed by atoms with van der Waals surface area (Å²) in [6, 6.07) is 15.4. The van der Waals surface area contributed by atoms with Crippen LogP contribution in [0.1, 0.15) is 61.4 Å². The van der Waals surface area contributed by atoms with Crippen molar-refractivity contribution in [2.75, 3.05) is 11.5 Å². The van der Waals surface area contributed by atoms with Crippen molar-refractivity contribution in [2.24, 2.45) is 0 Å². The second-order valence-electron chi connectivity index (χ2n) is 6.51. The zero-order chi connectivity index (χ0) is 18.6. The maximum atomic E-state index is 12.2. The van der Waals surface area contributed by atoms with E-state index < -0.39 is 0 Å². The summed E-state index contributed by atoms with van der Waals surface area (Å²) in [5.74, 6) is 1.15. The summed E-state index contributed by atoms with van der Waals surface area (Å²) in [7, 11) is 0. The number of thioether (sulfide) groups is 1. The van der Waals surface area contributed by atoms with E-state index in [1.165, 1.54) is 43.4 Å². The van der Waals surface area contributed by atoms with Crippen LogP contribution in [0.15, 0.2) is 59.5 Å². The summed E-state index contributed by atoms with van der Waals surface area (Å²) in [4.78, 5) is 13.5. The van der Waals surface area contributed by atoms with Gasteiger partial charge in [-0.15, -0.1) is 11.8 Å². The van der Waals surface area contributed by atoms with E-state index in [-0.39, 0.29) is 5.78 Å². The number of rotatable bonds is 11. The molecule has 2 nitrogen and oxygen atoms in total. The first-order valence-electron chi connectivity index (χ1n) is 9.50. The highest BCUT2D eigenvalue weighted by atomic mass is 32.2. The summed E-state index contributed by atoms with van der Waals surface area (Å²) in [6.07, 6.45) is 11.5. The number of hydrogen-bond acceptors (Lipinski definition) is 3. The van der Waals surface area contributed by atoms with Gasteiger partial charge in [-0.25, -0.2) is 0 Å². The van der Waals surface area contributed by atoms with Gasteiger partial charge in [-0.1, -0.05) is 57.2 Å². The van der Waals surface area contributed by atoms with Crippen molar-refractivity contribution < 1.29 is 4.79 Å². The largest absolute Gasteiger partial charge is 0.399 e. The van der Waals surface area contributed by atoms with E-state index in [1.807, 2.05) is 23.9 Å². The van der Waals surface area contributed by atoms with Gasteiger partial charge in [0.15, 0.2) is 5.78 Å². The fourth-order valence-electron chi connectivity index (χ4n) is 2.70. The second-order valence-corrected chi connectivity index (χ2v) is 7.68. The van der Waals surface area contributed by atoms with Gasteiger partial charge >= 0.3 is 0 Å². The molecule has 26 heavy (non-hydrogen) atoms. The Labute approximate surface area is 161 Å². The molecule has 2 aromatic carbocycles. The standard InChI is InChI=1S/C23H29NOS/c1-2-3-4-5-6-7-17-26-22-10-8-9-19(18-22)11-16-23(25)20-12-14-21(24)15-13-20/h8-16,18H,2-7,17,24H2,1H3. The summed E-state index contributed by atoms with van der Waals surface area (Å²) in [5, 5.41) is 0. The summed E-state index contributed by atoms with van der Waals surface area (Å²) < 4.78 is 0. The van der Waals surface area contributed by atoms with Crippen molar-refractivity contribution in [3.63, 3.8) is 0 Å². The van der Waals surface area contributed by atoms with E-state index in [9.17, 15) is 4.79 Å². The first kappa shape index (κ1) is 20.3. The van der Waals surface area contributed by atoms with Gasteiger partial charge in [0.1, 0.15) is 0 Å². The molecule has 0 fully saturated rings. The third-order valence-corrected chi connectivity index (χ3v) is 5.33. The average molecular weight is 368 g/mol. The molecule has 0 aliphatic heterocycles. The van der Waals surface area contributed by atoms with Crippen LogP contribution >= 0.6 is 11.8 Å². The van der Waals surface area contributed by atoms with Gasteiger partial charge in [0.25, 0.3) is 0 Å². The van der Waals surface area contributed by atoms with Crippen LogP contribution in [0.3, 0.4) is 0 Å². The molecule has 0 heterocycles. The molecular weight excluding hydrogens is 338 g/mol. The molecule has 0 spiro atoms. The van der Waals surface area contributed by atoms with Crippen LogP contribution in [0.2, 0.25) is 0 Å². The third-order valence-electron chi connectivity index (χ3n) is 4.25. The smallest absolute Gasteiger partial charge is 0.185 e. The normalized spacial score (nSPS) is 11.1. The number of allylic oxidation sites excluding steroid dienone is 1. The molecule has 2 N–H and O–H groups in total. The Hall–Kier alpha value is -2.00. The Morgan fingerprint density at radius 2 is 1.73 bits per heavy atom. The molecule has 2 aromatic rings. The van der Waals surface area contributed by atoms with Crippen LogP contribution in [0.5, 0.6) is 0 Å². The second kappa shape index (κ2) is 11.6. The molecule has 0 aliphatic rings. The van der Waals surface area contributed by atoms with E-state index >= 15 is 0 Å². The maximum absolute atomic E-state index is 12.2. The highest BCUT2D eigenvalue weighted by Gasteiger charge is 2.01. The van der Waals surface area contributed by atoms with Gasteiger partial charge < -0.3 is 5.73 Å². The fourth-order valence-corrected chi connectivity index (χ4v) is 3.67. The number of carbonyl (C=O) groups is 1. The molecule has 3 heteroatoms. The lowest BCUT2D eigenvalue weighted by atomic mass is 10.1. The zero-order valence-corrected chi connectivity index (χ0v) is 16.4. The Kier molecular flexibility index (Phi) is 9.05. The van der Waals surface area contributed by atoms with Crippen LogP contribution in [0.4, 0.5) is 5.69 Å². The van der Waals surface area contributed by atoms with Crippen molar-refractivity contribution >= 4 is 29.3 Å². The molecule has 2 rings (SSSR count). The molecule has 0 aromatic heterocycles. The topological polar surface area (TPSA) is 43.1 Å². The quantitative estimate of drug-likeness (QED) is 0.160.